The van der Waals surface area contributed by atoms with Gasteiger partial charge in [-0.25, -0.2) is 0 Å². The van der Waals surface area contributed by atoms with Crippen molar-refractivity contribution in [1.82, 2.24) is 15.0 Å². The Balaban J connectivity index is 2.10. The Bertz CT molecular complexity index is 687. The summed E-state index contributed by atoms with van der Waals surface area (Å²) >= 11 is 10.1. The number of nitrogens with one attached hydrogen (secondary N) is 3. The summed E-state index contributed by atoms with van der Waals surface area (Å²) in [6.07, 6.45) is 3.72. The smallest absolute Gasteiger partial charge is 0.205 e. The second-order valence-electron chi connectivity index (χ2n) is 4.74. The van der Waals surface area contributed by atoms with Gasteiger partial charge in [0.2, 0.25) is 10.7 Å². The summed E-state index contributed by atoms with van der Waals surface area (Å²) < 4.78 is 0.856. The summed E-state index contributed by atoms with van der Waals surface area (Å²) in [6, 6.07) is 8.64. The molecule has 0 saturated carbocycles. The summed E-state index contributed by atoms with van der Waals surface area (Å²) in [4.78, 5) is 9.96. The molecule has 0 saturated heterocycles. The first-order valence-electron chi connectivity index (χ1n) is 6.79. The fraction of sp³-hybridized carbons (Fsp3) is 0.267. The van der Waals surface area contributed by atoms with E-state index in [0.717, 1.165) is 18.4 Å². The maximum absolute atomic E-state index is 5.07. The van der Waals surface area contributed by atoms with Crippen LogP contribution in [0.1, 0.15) is 24.5 Å². The third-order valence-corrected chi connectivity index (χ3v) is 3.59. The largest absolute Gasteiger partial charge is 0.353 e. The molecule has 2 rings (SSSR count). The average Bonchev–Trinajstić information content (AvgIpc) is 2.46. The van der Waals surface area contributed by atoms with E-state index in [4.69, 9.17) is 24.4 Å². The topological polar surface area (TPSA) is 56.5 Å². The van der Waals surface area contributed by atoms with Crippen molar-refractivity contribution in [2.24, 2.45) is 0 Å². The summed E-state index contributed by atoms with van der Waals surface area (Å²) in [5.74, 6) is 0.610. The van der Waals surface area contributed by atoms with E-state index in [1.54, 1.807) is 0 Å². The van der Waals surface area contributed by atoms with Gasteiger partial charge in [0.05, 0.1) is 0 Å². The SMILES string of the molecule is C=Cc1ccc(CC(CC)Nc2nc(=S)[nH]c(=S)[nH]2)cc1. The number of anilines is 1. The lowest BCUT2D eigenvalue weighted by Gasteiger charge is -2.17. The van der Waals surface area contributed by atoms with Gasteiger partial charge in [0.1, 0.15) is 0 Å². The molecule has 0 bridgehead atoms. The Hall–Kier alpha value is -1.79. The van der Waals surface area contributed by atoms with E-state index in [9.17, 15) is 0 Å². The van der Waals surface area contributed by atoms with Gasteiger partial charge < -0.3 is 15.3 Å². The van der Waals surface area contributed by atoms with Crippen LogP contribution in [-0.2, 0) is 6.42 Å². The van der Waals surface area contributed by atoms with Gasteiger partial charge in [0.15, 0.2) is 4.77 Å². The first kappa shape index (κ1) is 15.6. The molecule has 0 aliphatic rings. The Morgan fingerprint density at radius 3 is 2.57 bits per heavy atom. The first-order valence-corrected chi connectivity index (χ1v) is 7.61. The predicted molar refractivity (Wildman–Crippen MR) is 92.5 cm³/mol. The van der Waals surface area contributed by atoms with Crippen LogP contribution in [-0.4, -0.2) is 21.0 Å². The van der Waals surface area contributed by atoms with Crippen molar-refractivity contribution < 1.29 is 0 Å². The normalized spacial score (nSPS) is 11.9. The first-order chi connectivity index (χ1) is 10.1. The van der Waals surface area contributed by atoms with Gasteiger partial charge in [-0.1, -0.05) is 43.8 Å². The molecular weight excluding hydrogens is 300 g/mol. The summed E-state index contributed by atoms with van der Waals surface area (Å²) in [5.41, 5.74) is 2.39. The maximum atomic E-state index is 5.07. The molecule has 0 fully saturated rings. The molecule has 0 amide bonds. The van der Waals surface area contributed by atoms with Crippen molar-refractivity contribution in [1.29, 1.82) is 0 Å². The second kappa shape index (κ2) is 7.28. The maximum Gasteiger partial charge on any atom is 0.205 e. The monoisotopic (exact) mass is 318 g/mol. The zero-order valence-corrected chi connectivity index (χ0v) is 13.5. The van der Waals surface area contributed by atoms with E-state index >= 15 is 0 Å². The highest BCUT2D eigenvalue weighted by Crippen LogP contribution is 2.12. The lowest BCUT2D eigenvalue weighted by Crippen LogP contribution is -2.23. The number of hydrogen-bond acceptors (Lipinski definition) is 4. The van der Waals surface area contributed by atoms with Crippen molar-refractivity contribution in [2.75, 3.05) is 5.32 Å². The van der Waals surface area contributed by atoms with E-state index in [-0.39, 0.29) is 6.04 Å². The van der Waals surface area contributed by atoms with E-state index in [2.05, 4.69) is 58.0 Å². The summed E-state index contributed by atoms with van der Waals surface area (Å²) in [7, 11) is 0. The van der Waals surface area contributed by atoms with Gasteiger partial charge >= 0.3 is 0 Å². The summed E-state index contributed by atoms with van der Waals surface area (Å²) in [6.45, 7) is 5.90. The van der Waals surface area contributed by atoms with E-state index in [0.29, 0.717) is 15.5 Å². The number of rotatable bonds is 6. The van der Waals surface area contributed by atoms with Crippen molar-refractivity contribution in [2.45, 2.75) is 25.8 Å². The molecule has 4 nitrogen and oxygen atoms in total. The molecule has 6 heteroatoms. The van der Waals surface area contributed by atoms with Crippen LogP contribution in [0.4, 0.5) is 5.95 Å². The lowest BCUT2D eigenvalue weighted by molar-refractivity contribution is 0.680. The van der Waals surface area contributed by atoms with Crippen LogP contribution < -0.4 is 5.32 Å². The van der Waals surface area contributed by atoms with Crippen LogP contribution in [0.3, 0.4) is 0 Å². The molecule has 0 aliphatic heterocycles. The number of aromatic nitrogens is 3. The summed E-state index contributed by atoms with van der Waals surface area (Å²) in [5, 5.41) is 3.35. The molecule has 0 spiro atoms. The molecule has 1 heterocycles. The van der Waals surface area contributed by atoms with Gasteiger partial charge in [-0.05, 0) is 48.4 Å². The van der Waals surface area contributed by atoms with Gasteiger partial charge in [-0.2, -0.15) is 4.98 Å². The quantitative estimate of drug-likeness (QED) is 0.696. The van der Waals surface area contributed by atoms with Crippen LogP contribution >= 0.6 is 24.4 Å². The molecule has 0 radical (unpaired) electrons. The molecule has 110 valence electrons. The van der Waals surface area contributed by atoms with Crippen molar-refractivity contribution in [3.63, 3.8) is 0 Å². The van der Waals surface area contributed by atoms with Gasteiger partial charge in [0, 0.05) is 6.04 Å². The number of nitrogens with zero attached hydrogens (tertiary/aromatic N) is 1. The Morgan fingerprint density at radius 2 is 2.00 bits per heavy atom. The minimum Gasteiger partial charge on any atom is -0.353 e. The third kappa shape index (κ3) is 4.61. The minimum absolute atomic E-state index is 0.259. The van der Waals surface area contributed by atoms with E-state index in [1.807, 2.05) is 6.08 Å². The lowest BCUT2D eigenvalue weighted by atomic mass is 10.0. The van der Waals surface area contributed by atoms with Crippen molar-refractivity contribution in [3.8, 4) is 0 Å². The molecule has 1 aromatic heterocycles. The van der Waals surface area contributed by atoms with Crippen LogP contribution in [0, 0.1) is 9.54 Å². The number of aromatic amines is 2. The standard InChI is InChI=1S/C15H18N4S2/c1-3-10-5-7-11(8-6-10)9-12(4-2)16-13-17-14(20)19-15(21)18-13/h3,5-8,12H,1,4,9H2,2H3,(H3,16,17,18,19,20,21). The molecule has 21 heavy (non-hydrogen) atoms. The fourth-order valence-corrected chi connectivity index (χ4v) is 2.48. The second-order valence-corrected chi connectivity index (χ2v) is 5.54. The highest BCUT2D eigenvalue weighted by atomic mass is 32.1. The van der Waals surface area contributed by atoms with Gasteiger partial charge in [-0.15, -0.1) is 0 Å². The number of hydrogen-bond donors (Lipinski definition) is 3. The van der Waals surface area contributed by atoms with Crippen LogP contribution in [0.15, 0.2) is 30.8 Å². The fourth-order valence-electron chi connectivity index (χ4n) is 2.03. The Kier molecular flexibility index (Phi) is 5.41. The Labute approximate surface area is 134 Å². The van der Waals surface area contributed by atoms with Crippen molar-refractivity contribution >= 4 is 36.5 Å². The molecular formula is C15H18N4S2. The zero-order chi connectivity index (χ0) is 15.2. The van der Waals surface area contributed by atoms with Gasteiger partial charge in [-0.3, -0.25) is 0 Å². The third-order valence-electron chi connectivity index (χ3n) is 3.20. The number of H-pyrrole nitrogens is 2. The average molecular weight is 318 g/mol. The highest BCUT2D eigenvalue weighted by molar-refractivity contribution is 7.71. The Morgan fingerprint density at radius 1 is 1.29 bits per heavy atom. The molecule has 3 N–H and O–H groups in total. The minimum atomic E-state index is 0.259. The van der Waals surface area contributed by atoms with E-state index < -0.39 is 0 Å². The van der Waals surface area contributed by atoms with Crippen LogP contribution in [0.2, 0.25) is 0 Å². The molecule has 0 aliphatic carbocycles. The number of benzene rings is 1. The van der Waals surface area contributed by atoms with Crippen LogP contribution in [0.25, 0.3) is 6.08 Å². The zero-order valence-electron chi connectivity index (χ0n) is 11.8. The van der Waals surface area contributed by atoms with Gasteiger partial charge in [0.25, 0.3) is 0 Å². The molecule has 1 unspecified atom stereocenters. The molecule has 1 atom stereocenters. The molecule has 1 aromatic carbocycles. The molecule has 2 aromatic rings. The highest BCUT2D eigenvalue weighted by Gasteiger charge is 2.08. The van der Waals surface area contributed by atoms with Crippen molar-refractivity contribution in [3.05, 3.63) is 51.5 Å². The van der Waals surface area contributed by atoms with E-state index in [1.165, 1.54) is 5.56 Å². The predicted octanol–water partition coefficient (Wildman–Crippen LogP) is 4.27. The van der Waals surface area contributed by atoms with Crippen LogP contribution in [0.5, 0.6) is 0 Å².